The van der Waals surface area contributed by atoms with Crippen molar-refractivity contribution < 1.29 is 27.5 Å². The summed E-state index contributed by atoms with van der Waals surface area (Å²) >= 11 is 0. The average molecular weight is 515 g/mol. The summed E-state index contributed by atoms with van der Waals surface area (Å²) in [6.07, 6.45) is -0.617. The van der Waals surface area contributed by atoms with Gasteiger partial charge in [0.15, 0.2) is 0 Å². The molecule has 0 unspecified atom stereocenters. The van der Waals surface area contributed by atoms with Gasteiger partial charge in [0.05, 0.1) is 17.8 Å². The van der Waals surface area contributed by atoms with E-state index >= 15 is 0 Å². The monoisotopic (exact) mass is 514 g/mol. The van der Waals surface area contributed by atoms with Gasteiger partial charge in [-0.25, -0.2) is 14.8 Å². The molecule has 194 valence electrons. The zero-order chi connectivity index (χ0) is 27.0. The fourth-order valence-corrected chi connectivity index (χ4v) is 3.15. The lowest BCUT2D eigenvalue weighted by Crippen LogP contribution is -2.34. The molecule has 0 saturated carbocycles. The number of hydrogen-bond acceptors (Lipinski definition) is 5. The largest absolute Gasteiger partial charge is 0.439 e. The Morgan fingerprint density at radius 3 is 2.59 bits per heavy atom. The average Bonchev–Trinajstić information content (AvgIpc) is 3.23. The van der Waals surface area contributed by atoms with Crippen LogP contribution in [-0.4, -0.2) is 46.0 Å². The first-order valence-electron chi connectivity index (χ1n) is 10.9. The van der Waals surface area contributed by atoms with Gasteiger partial charge >= 0.3 is 12.2 Å². The number of hydrogen-bond donors (Lipinski definition) is 2. The highest BCUT2D eigenvalue weighted by molar-refractivity contribution is 5.81. The van der Waals surface area contributed by atoms with E-state index in [0.29, 0.717) is 30.3 Å². The smallest absolute Gasteiger partial charge is 0.416 e. The van der Waals surface area contributed by atoms with E-state index in [4.69, 9.17) is 4.74 Å². The number of ether oxygens (including phenoxy) is 1. The van der Waals surface area contributed by atoms with Crippen molar-refractivity contribution in [2.24, 2.45) is 7.05 Å². The molecule has 2 aromatic heterocycles. The van der Waals surface area contributed by atoms with Gasteiger partial charge in [-0.2, -0.15) is 13.2 Å². The van der Waals surface area contributed by atoms with Crippen LogP contribution in [0.3, 0.4) is 0 Å². The molecule has 0 radical (unpaired) electrons. The number of anilines is 1. The molecule has 0 atom stereocenters. The second kappa shape index (κ2) is 11.9. The fourth-order valence-electron chi connectivity index (χ4n) is 3.15. The molecule has 2 aromatic carbocycles. The fraction of sp³-hybridized carbons (Fsp3) is 0.200. The standard InChI is InChI=1S/C17H19N5O2.C8H6F3NO/c1-21(2)17(23)18-10-13-9-16(20-11-19-13)24-14-4-5-15-12(8-14)6-7-22(15)3;9-8(10,11)6-2-1-3-7(4-6)12-5-13/h4-9,11H,10H2,1-3H3,(H,18,23);1-5H,(H,12,13). The summed E-state index contributed by atoms with van der Waals surface area (Å²) in [5, 5.41) is 5.99. The third-order valence-electron chi connectivity index (χ3n) is 5.02. The third kappa shape index (κ3) is 7.69. The molecule has 0 fully saturated rings. The lowest BCUT2D eigenvalue weighted by atomic mass is 10.2. The molecule has 0 bridgehead atoms. The zero-order valence-electron chi connectivity index (χ0n) is 20.3. The second-order valence-electron chi connectivity index (χ2n) is 7.99. The number of aromatic nitrogens is 3. The Balaban J connectivity index is 0.000000248. The molecular formula is C25H25F3N6O3. The summed E-state index contributed by atoms with van der Waals surface area (Å²) < 4.78 is 44.1. The van der Waals surface area contributed by atoms with Crippen molar-refractivity contribution in [1.29, 1.82) is 0 Å². The predicted octanol–water partition coefficient (Wildman–Crippen LogP) is 4.81. The van der Waals surface area contributed by atoms with E-state index in [1.165, 1.54) is 23.4 Å². The summed E-state index contributed by atoms with van der Waals surface area (Å²) in [5.74, 6) is 1.14. The van der Waals surface area contributed by atoms with E-state index in [9.17, 15) is 22.8 Å². The maximum absolute atomic E-state index is 12.1. The van der Waals surface area contributed by atoms with Crippen LogP contribution >= 0.6 is 0 Å². The minimum atomic E-state index is -4.37. The first kappa shape index (κ1) is 27.0. The minimum absolute atomic E-state index is 0.129. The first-order chi connectivity index (χ1) is 17.6. The van der Waals surface area contributed by atoms with Crippen molar-refractivity contribution >= 4 is 29.0 Å². The number of fused-ring (bicyclic) bond motifs is 1. The Morgan fingerprint density at radius 1 is 1.11 bits per heavy atom. The topological polar surface area (TPSA) is 101 Å². The molecule has 0 aliphatic heterocycles. The Morgan fingerprint density at radius 2 is 1.89 bits per heavy atom. The summed E-state index contributed by atoms with van der Waals surface area (Å²) in [6, 6.07) is 13.9. The molecule has 4 aromatic rings. The van der Waals surface area contributed by atoms with Crippen LogP contribution in [0.15, 0.2) is 67.1 Å². The second-order valence-corrected chi connectivity index (χ2v) is 7.99. The number of nitrogens with one attached hydrogen (secondary N) is 2. The van der Waals surface area contributed by atoms with Crippen LogP contribution in [0, 0.1) is 0 Å². The number of rotatable bonds is 6. The van der Waals surface area contributed by atoms with Crippen LogP contribution in [0.2, 0.25) is 0 Å². The van der Waals surface area contributed by atoms with E-state index in [-0.39, 0.29) is 11.7 Å². The van der Waals surface area contributed by atoms with Gasteiger partial charge in [0.1, 0.15) is 12.1 Å². The molecule has 2 heterocycles. The number of halogens is 3. The zero-order valence-corrected chi connectivity index (χ0v) is 20.3. The summed E-state index contributed by atoms with van der Waals surface area (Å²) in [7, 11) is 5.37. The molecule has 9 nitrogen and oxygen atoms in total. The minimum Gasteiger partial charge on any atom is -0.439 e. The van der Waals surface area contributed by atoms with Gasteiger partial charge in [-0.3, -0.25) is 4.79 Å². The summed E-state index contributed by atoms with van der Waals surface area (Å²) in [4.78, 5) is 31.2. The van der Waals surface area contributed by atoms with Crippen molar-refractivity contribution in [3.8, 4) is 11.6 Å². The van der Waals surface area contributed by atoms with Crippen LogP contribution in [0.5, 0.6) is 11.6 Å². The number of urea groups is 1. The maximum Gasteiger partial charge on any atom is 0.416 e. The molecule has 0 aliphatic rings. The Hall–Kier alpha value is -4.61. The highest BCUT2D eigenvalue weighted by Gasteiger charge is 2.30. The van der Waals surface area contributed by atoms with E-state index in [1.54, 1.807) is 20.2 Å². The van der Waals surface area contributed by atoms with E-state index in [0.717, 1.165) is 23.0 Å². The number of benzene rings is 2. The van der Waals surface area contributed by atoms with Crippen molar-refractivity contribution in [2.45, 2.75) is 12.7 Å². The molecular weight excluding hydrogens is 489 g/mol. The Bertz CT molecular complexity index is 1370. The van der Waals surface area contributed by atoms with Crippen molar-refractivity contribution in [1.82, 2.24) is 24.8 Å². The Labute approximate surface area is 210 Å². The van der Waals surface area contributed by atoms with Crippen LogP contribution in [0.1, 0.15) is 11.3 Å². The van der Waals surface area contributed by atoms with Gasteiger partial charge < -0.3 is 24.8 Å². The number of carbonyl (C=O) groups is 2. The highest BCUT2D eigenvalue weighted by atomic mass is 19.4. The number of alkyl halides is 3. The molecule has 2 N–H and O–H groups in total. The van der Waals surface area contributed by atoms with Crippen LogP contribution in [-0.2, 0) is 24.6 Å². The van der Waals surface area contributed by atoms with Crippen molar-refractivity contribution in [3.63, 3.8) is 0 Å². The number of nitrogens with zero attached hydrogens (tertiary/aromatic N) is 4. The molecule has 0 saturated heterocycles. The number of aryl methyl sites for hydroxylation is 1. The molecule has 37 heavy (non-hydrogen) atoms. The molecule has 12 heteroatoms. The first-order valence-corrected chi connectivity index (χ1v) is 10.9. The van der Waals surface area contributed by atoms with Gasteiger partial charge in [0.25, 0.3) is 0 Å². The molecule has 0 spiro atoms. The van der Waals surface area contributed by atoms with Gasteiger partial charge in [-0.05, 0) is 42.5 Å². The number of amides is 3. The van der Waals surface area contributed by atoms with Crippen LogP contribution in [0.25, 0.3) is 10.9 Å². The van der Waals surface area contributed by atoms with Gasteiger partial charge in [0.2, 0.25) is 12.3 Å². The van der Waals surface area contributed by atoms with Gasteiger partial charge in [-0.1, -0.05) is 6.07 Å². The molecule has 3 amide bonds. The summed E-state index contributed by atoms with van der Waals surface area (Å²) in [6.45, 7) is 0.313. The lowest BCUT2D eigenvalue weighted by Gasteiger charge is -2.12. The van der Waals surface area contributed by atoms with Crippen LogP contribution < -0.4 is 15.4 Å². The molecule has 0 aliphatic carbocycles. The van der Waals surface area contributed by atoms with E-state index < -0.39 is 11.7 Å². The quantitative estimate of drug-likeness (QED) is 0.360. The maximum atomic E-state index is 12.1. The van der Waals surface area contributed by atoms with E-state index in [1.807, 2.05) is 37.5 Å². The molecule has 4 rings (SSSR count). The van der Waals surface area contributed by atoms with Crippen molar-refractivity contribution in [3.05, 3.63) is 78.4 Å². The SMILES string of the molecule is CN(C)C(=O)NCc1cc(Oc2ccc3c(ccn3C)c2)ncn1.O=CNc1cccc(C(F)(F)F)c1. The summed E-state index contributed by atoms with van der Waals surface area (Å²) in [5.41, 5.74) is 1.16. The predicted molar refractivity (Wildman–Crippen MR) is 132 cm³/mol. The van der Waals surface area contributed by atoms with Gasteiger partial charge in [0, 0.05) is 50.0 Å². The van der Waals surface area contributed by atoms with Crippen molar-refractivity contribution in [2.75, 3.05) is 19.4 Å². The van der Waals surface area contributed by atoms with Gasteiger partial charge in [-0.15, -0.1) is 0 Å². The normalized spacial score (nSPS) is 10.8. The van der Waals surface area contributed by atoms with Crippen LogP contribution in [0.4, 0.5) is 23.7 Å². The van der Waals surface area contributed by atoms with E-state index in [2.05, 4.69) is 25.2 Å². The highest BCUT2D eigenvalue weighted by Crippen LogP contribution is 2.30. The third-order valence-corrected chi connectivity index (χ3v) is 5.02. The lowest BCUT2D eigenvalue weighted by molar-refractivity contribution is -0.137. The number of carbonyl (C=O) groups excluding carboxylic acids is 2. The Kier molecular flexibility index (Phi) is 8.67.